The molecular weight excluding hydrogens is 498 g/mol. The summed E-state index contributed by atoms with van der Waals surface area (Å²) in [5, 5.41) is 5.20. The van der Waals surface area contributed by atoms with Gasteiger partial charge >= 0.3 is 12.0 Å². The molecule has 2 aliphatic heterocycles. The number of nitrogens with one attached hydrogen (secondary N) is 2. The number of sulfonamides is 1. The predicted octanol–water partition coefficient (Wildman–Crippen LogP) is 5.25. The minimum absolute atomic E-state index is 0.0358. The van der Waals surface area contributed by atoms with Crippen molar-refractivity contribution in [2.24, 2.45) is 0 Å². The highest BCUT2D eigenvalue weighted by atomic mass is 35.5. The largest absolute Gasteiger partial charge is 0.457 e. The first-order valence-electron chi connectivity index (χ1n) is 10.6. The first-order valence-corrected chi connectivity index (χ1v) is 13.2. The Labute approximate surface area is 205 Å². The average molecular weight is 518 g/mol. The maximum Gasteiger partial charge on any atom is 0.341 e. The Kier molecular flexibility index (Phi) is 5.97. The minimum atomic E-state index is -3.88. The number of hydrogen-bond donors (Lipinski definition) is 2. The Bertz CT molecular complexity index is 1400. The molecule has 176 valence electrons. The van der Waals surface area contributed by atoms with Crippen molar-refractivity contribution in [2.75, 3.05) is 21.5 Å². The number of para-hydroxylation sites is 1. The Morgan fingerprint density at radius 2 is 1.79 bits per heavy atom. The number of ether oxygens (including phenoxy) is 1. The van der Waals surface area contributed by atoms with Crippen LogP contribution >= 0.6 is 22.9 Å². The quantitative estimate of drug-likeness (QED) is 0.460. The number of aryl methyl sites for hydroxylation is 1. The molecule has 2 N–H and O–H groups in total. The van der Waals surface area contributed by atoms with Crippen LogP contribution in [0.15, 0.2) is 52.7 Å². The number of hydrogen-bond acceptors (Lipinski definition) is 6. The van der Waals surface area contributed by atoms with E-state index in [1.165, 1.54) is 10.4 Å². The summed E-state index contributed by atoms with van der Waals surface area (Å²) in [5.41, 5.74) is 3.11. The summed E-state index contributed by atoms with van der Waals surface area (Å²) in [4.78, 5) is 24.6. The molecule has 3 aromatic rings. The van der Waals surface area contributed by atoms with Crippen LogP contribution in [0.3, 0.4) is 0 Å². The van der Waals surface area contributed by atoms with Crippen molar-refractivity contribution < 1.29 is 22.7 Å². The molecule has 11 heteroatoms. The normalized spacial score (nSPS) is 15.2. The van der Waals surface area contributed by atoms with E-state index in [4.69, 9.17) is 16.3 Å². The fraction of sp³-hybridized carbons (Fsp3) is 0.217. The van der Waals surface area contributed by atoms with E-state index in [9.17, 15) is 18.0 Å². The fourth-order valence-corrected chi connectivity index (χ4v) is 7.43. The number of carbonyl (C=O) groups excluding carboxylic acids is 2. The summed E-state index contributed by atoms with van der Waals surface area (Å²) in [7, 11) is -3.88. The number of anilines is 3. The zero-order chi connectivity index (χ0) is 23.9. The maximum atomic E-state index is 13.5. The van der Waals surface area contributed by atoms with Gasteiger partial charge in [-0.2, -0.15) is 0 Å². The highest BCUT2D eigenvalue weighted by Crippen LogP contribution is 2.39. The standard InChI is InChI=1S/C23H20ClN3O5S2/c24-21-17(26-23(29)25-16-9-5-8-15-13-32-22(28)20(15)16)12-19(33-21)34(30,31)27-11-4-3-7-14-6-1-2-10-18(14)27/h1-2,5-6,8-10,12H,3-4,7,11,13H2,(H2,25,26,29). The molecule has 8 nitrogen and oxygen atoms in total. The van der Waals surface area contributed by atoms with Crippen LogP contribution in [-0.2, 0) is 27.8 Å². The van der Waals surface area contributed by atoms with Crippen LogP contribution in [-0.4, -0.2) is 27.0 Å². The van der Waals surface area contributed by atoms with Gasteiger partial charge in [-0.25, -0.2) is 18.0 Å². The third kappa shape index (κ3) is 4.13. The summed E-state index contributed by atoms with van der Waals surface area (Å²) >= 11 is 7.19. The number of amides is 2. The zero-order valence-corrected chi connectivity index (χ0v) is 20.2. The van der Waals surface area contributed by atoms with E-state index in [1.54, 1.807) is 18.2 Å². The molecule has 0 bridgehead atoms. The van der Waals surface area contributed by atoms with Crippen LogP contribution in [0.5, 0.6) is 0 Å². The van der Waals surface area contributed by atoms with Crippen LogP contribution in [0.25, 0.3) is 0 Å². The molecule has 0 radical (unpaired) electrons. The highest BCUT2D eigenvalue weighted by molar-refractivity contribution is 7.94. The molecule has 0 spiro atoms. The van der Waals surface area contributed by atoms with Gasteiger partial charge in [-0.05, 0) is 43.0 Å². The Hall–Kier alpha value is -3.08. The Balaban J connectivity index is 1.38. The minimum Gasteiger partial charge on any atom is -0.457 e. The summed E-state index contributed by atoms with van der Waals surface area (Å²) in [6, 6.07) is 13.2. The van der Waals surface area contributed by atoms with Crippen LogP contribution in [0, 0.1) is 0 Å². The lowest BCUT2D eigenvalue weighted by atomic mass is 10.1. The molecule has 0 saturated carbocycles. The average Bonchev–Trinajstić information content (AvgIpc) is 3.29. The number of nitrogens with zero attached hydrogens (tertiary/aromatic N) is 1. The van der Waals surface area contributed by atoms with Gasteiger partial charge < -0.3 is 15.4 Å². The first kappa shape index (κ1) is 22.7. The molecule has 0 unspecified atom stereocenters. The lowest BCUT2D eigenvalue weighted by Crippen LogP contribution is -2.31. The van der Waals surface area contributed by atoms with Gasteiger partial charge in [0, 0.05) is 12.1 Å². The molecular formula is C23H20ClN3O5S2. The molecule has 0 aliphatic carbocycles. The highest BCUT2D eigenvalue weighted by Gasteiger charge is 2.31. The van der Waals surface area contributed by atoms with Gasteiger partial charge in [0.25, 0.3) is 10.0 Å². The number of benzene rings is 2. The molecule has 0 saturated heterocycles. The van der Waals surface area contributed by atoms with Gasteiger partial charge in [-0.15, -0.1) is 11.3 Å². The van der Waals surface area contributed by atoms with E-state index in [1.807, 2.05) is 24.3 Å². The maximum absolute atomic E-state index is 13.5. The molecule has 0 atom stereocenters. The summed E-state index contributed by atoms with van der Waals surface area (Å²) in [6.07, 6.45) is 2.46. The van der Waals surface area contributed by atoms with E-state index in [0.717, 1.165) is 36.2 Å². The van der Waals surface area contributed by atoms with Crippen molar-refractivity contribution in [3.63, 3.8) is 0 Å². The SMILES string of the molecule is O=C(Nc1cc(S(=O)(=O)N2CCCCc3ccccc32)sc1Cl)Nc1cccc2c1C(=O)OC2. The number of carbonyl (C=O) groups is 2. The second kappa shape index (κ2) is 8.94. The fourth-order valence-electron chi connectivity index (χ4n) is 4.13. The van der Waals surface area contributed by atoms with Gasteiger partial charge in [-0.1, -0.05) is 41.9 Å². The van der Waals surface area contributed by atoms with E-state index < -0.39 is 22.0 Å². The van der Waals surface area contributed by atoms with Gasteiger partial charge in [0.1, 0.15) is 15.2 Å². The second-order valence-corrected chi connectivity index (χ2v) is 11.7. The van der Waals surface area contributed by atoms with Crippen molar-refractivity contribution in [3.8, 4) is 0 Å². The van der Waals surface area contributed by atoms with Gasteiger partial charge in [0.05, 0.1) is 22.6 Å². The number of esters is 1. The number of thiophene rings is 1. The number of rotatable bonds is 4. The van der Waals surface area contributed by atoms with E-state index in [2.05, 4.69) is 10.6 Å². The first-order chi connectivity index (χ1) is 16.3. The molecule has 0 fully saturated rings. The van der Waals surface area contributed by atoms with Crippen LogP contribution in [0.1, 0.15) is 34.3 Å². The lowest BCUT2D eigenvalue weighted by Gasteiger charge is -2.23. The lowest BCUT2D eigenvalue weighted by molar-refractivity contribution is 0.0536. The van der Waals surface area contributed by atoms with Gasteiger partial charge in [0.15, 0.2) is 0 Å². The van der Waals surface area contributed by atoms with Gasteiger partial charge in [0.2, 0.25) is 0 Å². The molecule has 34 heavy (non-hydrogen) atoms. The third-order valence-electron chi connectivity index (χ3n) is 5.74. The Morgan fingerprint density at radius 3 is 2.65 bits per heavy atom. The topological polar surface area (TPSA) is 105 Å². The molecule has 2 aromatic carbocycles. The predicted molar refractivity (Wildman–Crippen MR) is 131 cm³/mol. The van der Waals surface area contributed by atoms with E-state index >= 15 is 0 Å². The molecule has 2 amide bonds. The summed E-state index contributed by atoms with van der Waals surface area (Å²) in [5.74, 6) is -0.509. The second-order valence-electron chi connectivity index (χ2n) is 7.91. The summed E-state index contributed by atoms with van der Waals surface area (Å²) < 4.78 is 33.6. The molecule has 2 aliphatic rings. The molecule has 5 rings (SSSR count). The summed E-state index contributed by atoms with van der Waals surface area (Å²) in [6.45, 7) is 0.524. The van der Waals surface area contributed by atoms with Crippen molar-refractivity contribution >= 4 is 62.0 Å². The van der Waals surface area contributed by atoms with E-state index in [0.29, 0.717) is 29.0 Å². The number of halogens is 1. The van der Waals surface area contributed by atoms with Crippen LogP contribution in [0.2, 0.25) is 4.34 Å². The third-order valence-corrected chi connectivity index (χ3v) is 9.36. The van der Waals surface area contributed by atoms with Crippen molar-refractivity contribution in [1.82, 2.24) is 0 Å². The molecule has 1 aromatic heterocycles. The monoisotopic (exact) mass is 517 g/mol. The number of cyclic esters (lactones) is 1. The van der Waals surface area contributed by atoms with Crippen molar-refractivity contribution in [1.29, 1.82) is 0 Å². The molecule has 3 heterocycles. The zero-order valence-electron chi connectivity index (χ0n) is 17.8. The van der Waals surface area contributed by atoms with Crippen LogP contribution in [0.4, 0.5) is 21.9 Å². The van der Waals surface area contributed by atoms with Crippen molar-refractivity contribution in [2.45, 2.75) is 30.1 Å². The van der Waals surface area contributed by atoms with Gasteiger partial charge in [-0.3, -0.25) is 4.31 Å². The smallest absolute Gasteiger partial charge is 0.341 e. The number of urea groups is 1. The van der Waals surface area contributed by atoms with Crippen molar-refractivity contribution in [3.05, 3.63) is 69.6 Å². The van der Waals surface area contributed by atoms with Crippen LogP contribution < -0.4 is 14.9 Å². The van der Waals surface area contributed by atoms with E-state index in [-0.39, 0.29) is 20.8 Å². The Morgan fingerprint density at radius 1 is 1.03 bits per heavy atom. The number of fused-ring (bicyclic) bond motifs is 2.